The van der Waals surface area contributed by atoms with Gasteiger partial charge in [-0.15, -0.1) is 0 Å². The average molecular weight is 294 g/mol. The summed E-state index contributed by atoms with van der Waals surface area (Å²) in [5.74, 6) is 1.19. The van der Waals surface area contributed by atoms with Crippen LogP contribution in [0.25, 0.3) is 0 Å². The first kappa shape index (κ1) is 18.0. The highest BCUT2D eigenvalue weighted by molar-refractivity contribution is 5.06. The van der Waals surface area contributed by atoms with Crippen molar-refractivity contribution in [2.45, 2.75) is 64.6 Å². The predicted octanol–water partition coefficient (Wildman–Crippen LogP) is 3.89. The SMILES string of the molecule is CC(C)[C@H]1/C=C/[C@@](C)(O)C[C@@H](O)/C=C\CC/C=C(/O)CC1. The Kier molecular flexibility index (Phi) is 7.20. The highest BCUT2D eigenvalue weighted by Crippen LogP contribution is 2.24. The molecule has 0 aliphatic heterocycles. The highest BCUT2D eigenvalue weighted by atomic mass is 16.3. The van der Waals surface area contributed by atoms with Crippen molar-refractivity contribution in [2.24, 2.45) is 11.8 Å². The number of hydrogen-bond donors (Lipinski definition) is 3. The number of aliphatic hydroxyl groups excluding tert-OH is 2. The van der Waals surface area contributed by atoms with E-state index in [9.17, 15) is 15.3 Å². The van der Waals surface area contributed by atoms with E-state index in [0.717, 1.165) is 19.3 Å². The van der Waals surface area contributed by atoms with Gasteiger partial charge in [-0.25, -0.2) is 0 Å². The zero-order chi connectivity index (χ0) is 15.9. The van der Waals surface area contributed by atoms with Gasteiger partial charge in [0.05, 0.1) is 17.5 Å². The minimum absolute atomic E-state index is 0.298. The summed E-state index contributed by atoms with van der Waals surface area (Å²) >= 11 is 0. The quantitative estimate of drug-likeness (QED) is 0.643. The van der Waals surface area contributed by atoms with Crippen LogP contribution in [0.4, 0.5) is 0 Å². The molecule has 1 aliphatic rings. The van der Waals surface area contributed by atoms with E-state index >= 15 is 0 Å². The number of allylic oxidation sites excluding steroid dienone is 4. The lowest BCUT2D eigenvalue weighted by Gasteiger charge is -2.23. The number of hydrogen-bond acceptors (Lipinski definition) is 3. The topological polar surface area (TPSA) is 60.7 Å². The molecule has 3 atom stereocenters. The molecule has 21 heavy (non-hydrogen) atoms. The van der Waals surface area contributed by atoms with E-state index < -0.39 is 11.7 Å². The molecule has 0 saturated carbocycles. The van der Waals surface area contributed by atoms with Gasteiger partial charge in [0, 0.05) is 12.8 Å². The molecule has 3 heteroatoms. The first-order chi connectivity index (χ1) is 9.80. The lowest BCUT2D eigenvalue weighted by molar-refractivity contribution is 0.0567. The normalized spacial score (nSPS) is 38.3. The standard InChI is InChI=1S/C18H30O3/c1-14(2)15-9-10-16(19)7-5-4-6-8-17(20)13-18(3,21)12-11-15/h6-8,11-12,14-15,17,19-21H,4-5,9-10,13H2,1-3H3/b8-6-,12-11+,16-7+/t15-,17+,18-/m1/s1. The molecule has 0 saturated heterocycles. The Morgan fingerprint density at radius 2 is 1.95 bits per heavy atom. The average Bonchev–Trinajstić information content (AvgIpc) is 2.36. The molecule has 0 aromatic heterocycles. The van der Waals surface area contributed by atoms with E-state index in [4.69, 9.17) is 0 Å². The van der Waals surface area contributed by atoms with E-state index in [1.54, 1.807) is 19.1 Å². The van der Waals surface area contributed by atoms with Gasteiger partial charge in [0.25, 0.3) is 0 Å². The molecule has 1 rings (SSSR count). The minimum Gasteiger partial charge on any atom is -0.513 e. The van der Waals surface area contributed by atoms with Crippen molar-refractivity contribution in [3.63, 3.8) is 0 Å². The van der Waals surface area contributed by atoms with E-state index in [2.05, 4.69) is 13.8 Å². The van der Waals surface area contributed by atoms with Crippen molar-refractivity contribution in [1.82, 2.24) is 0 Å². The first-order valence-corrected chi connectivity index (χ1v) is 7.94. The van der Waals surface area contributed by atoms with Crippen LogP contribution in [0.15, 0.2) is 36.1 Å². The smallest absolute Gasteiger partial charge is 0.0883 e. The van der Waals surface area contributed by atoms with Gasteiger partial charge in [0.15, 0.2) is 0 Å². The van der Waals surface area contributed by atoms with Gasteiger partial charge in [0.1, 0.15) is 0 Å². The molecule has 0 aromatic rings. The zero-order valence-corrected chi connectivity index (χ0v) is 13.5. The maximum absolute atomic E-state index is 10.4. The molecular weight excluding hydrogens is 264 g/mol. The Bertz CT molecular complexity index is 391. The lowest BCUT2D eigenvalue weighted by Crippen LogP contribution is -2.27. The summed E-state index contributed by atoms with van der Waals surface area (Å²) in [6.45, 7) is 6.01. The van der Waals surface area contributed by atoms with Gasteiger partial charge in [0.2, 0.25) is 0 Å². The van der Waals surface area contributed by atoms with Gasteiger partial charge in [-0.2, -0.15) is 0 Å². The van der Waals surface area contributed by atoms with Crippen LogP contribution in [0.3, 0.4) is 0 Å². The maximum atomic E-state index is 10.4. The van der Waals surface area contributed by atoms with E-state index in [1.807, 2.05) is 18.2 Å². The van der Waals surface area contributed by atoms with E-state index in [0.29, 0.717) is 30.4 Å². The fourth-order valence-corrected chi connectivity index (χ4v) is 2.56. The van der Waals surface area contributed by atoms with Gasteiger partial charge in [-0.3, -0.25) is 0 Å². The molecule has 0 bridgehead atoms. The molecule has 3 nitrogen and oxygen atoms in total. The predicted molar refractivity (Wildman–Crippen MR) is 87.0 cm³/mol. The third-order valence-corrected chi connectivity index (χ3v) is 3.99. The highest BCUT2D eigenvalue weighted by Gasteiger charge is 2.21. The molecule has 0 radical (unpaired) electrons. The van der Waals surface area contributed by atoms with Crippen LogP contribution >= 0.6 is 0 Å². The summed E-state index contributed by atoms with van der Waals surface area (Å²) in [6, 6.07) is 0. The molecule has 0 aromatic carbocycles. The summed E-state index contributed by atoms with van der Waals surface area (Å²) < 4.78 is 0. The molecule has 0 fully saturated rings. The van der Waals surface area contributed by atoms with Gasteiger partial charge in [-0.05, 0) is 44.1 Å². The van der Waals surface area contributed by atoms with Crippen LogP contribution in [0, 0.1) is 11.8 Å². The van der Waals surface area contributed by atoms with Crippen molar-refractivity contribution in [3.05, 3.63) is 36.1 Å². The second-order valence-electron chi connectivity index (χ2n) is 6.64. The second kappa shape index (κ2) is 8.40. The summed E-state index contributed by atoms with van der Waals surface area (Å²) in [5.41, 5.74) is -1.01. The third kappa shape index (κ3) is 7.49. The fraction of sp³-hybridized carbons (Fsp3) is 0.667. The van der Waals surface area contributed by atoms with Crippen LogP contribution in [0.5, 0.6) is 0 Å². The van der Waals surface area contributed by atoms with E-state index in [1.165, 1.54) is 0 Å². The Morgan fingerprint density at radius 3 is 2.62 bits per heavy atom. The van der Waals surface area contributed by atoms with Crippen LogP contribution < -0.4 is 0 Å². The lowest BCUT2D eigenvalue weighted by atomic mass is 9.87. The van der Waals surface area contributed by atoms with Gasteiger partial charge < -0.3 is 15.3 Å². The van der Waals surface area contributed by atoms with Crippen LogP contribution in [0.2, 0.25) is 0 Å². The maximum Gasteiger partial charge on any atom is 0.0883 e. The van der Waals surface area contributed by atoms with Crippen LogP contribution in [0.1, 0.15) is 52.9 Å². The van der Waals surface area contributed by atoms with Gasteiger partial charge in [-0.1, -0.05) is 38.2 Å². The van der Waals surface area contributed by atoms with Crippen molar-refractivity contribution < 1.29 is 15.3 Å². The monoisotopic (exact) mass is 294 g/mol. The Morgan fingerprint density at radius 1 is 1.24 bits per heavy atom. The summed E-state index contributed by atoms with van der Waals surface area (Å²) in [6.07, 6.45) is 12.0. The molecule has 1 aliphatic carbocycles. The largest absolute Gasteiger partial charge is 0.513 e. The summed E-state index contributed by atoms with van der Waals surface area (Å²) in [4.78, 5) is 0. The van der Waals surface area contributed by atoms with Crippen molar-refractivity contribution >= 4 is 0 Å². The molecule has 0 unspecified atom stereocenters. The molecular formula is C18H30O3. The molecule has 0 heterocycles. The zero-order valence-electron chi connectivity index (χ0n) is 13.5. The molecule has 0 spiro atoms. The second-order valence-corrected chi connectivity index (χ2v) is 6.64. The number of aliphatic hydroxyl groups is 3. The number of rotatable bonds is 1. The Hall–Kier alpha value is -1.06. The molecule has 3 N–H and O–H groups in total. The van der Waals surface area contributed by atoms with Crippen molar-refractivity contribution in [2.75, 3.05) is 0 Å². The molecule has 0 amide bonds. The minimum atomic E-state index is -1.01. The summed E-state index contributed by atoms with van der Waals surface area (Å²) in [5, 5.41) is 30.2. The fourth-order valence-electron chi connectivity index (χ4n) is 2.56. The first-order valence-electron chi connectivity index (χ1n) is 7.94. The summed E-state index contributed by atoms with van der Waals surface area (Å²) in [7, 11) is 0. The van der Waals surface area contributed by atoms with Crippen molar-refractivity contribution in [1.29, 1.82) is 0 Å². The van der Waals surface area contributed by atoms with Crippen molar-refractivity contribution in [3.8, 4) is 0 Å². The third-order valence-electron chi connectivity index (χ3n) is 3.99. The molecule has 120 valence electrons. The van der Waals surface area contributed by atoms with E-state index in [-0.39, 0.29) is 0 Å². The Labute approximate surface area is 128 Å². The van der Waals surface area contributed by atoms with Crippen LogP contribution in [-0.4, -0.2) is 27.0 Å². The van der Waals surface area contributed by atoms with Crippen LogP contribution in [-0.2, 0) is 0 Å². The Balaban J connectivity index is 2.89. The van der Waals surface area contributed by atoms with Gasteiger partial charge >= 0.3 is 0 Å².